The Morgan fingerprint density at radius 3 is 2.88 bits per heavy atom. The summed E-state index contributed by atoms with van der Waals surface area (Å²) in [4.78, 5) is 0. The van der Waals surface area contributed by atoms with E-state index < -0.39 is 0 Å². The molecule has 0 aliphatic carbocycles. The Labute approximate surface area is 95.1 Å². The zero-order valence-electron chi connectivity index (χ0n) is 9.94. The van der Waals surface area contributed by atoms with Crippen molar-refractivity contribution in [3.8, 4) is 0 Å². The minimum Gasteiger partial charge on any atom is -0.377 e. The summed E-state index contributed by atoms with van der Waals surface area (Å²) in [6.45, 7) is 5.77. The van der Waals surface area contributed by atoms with Gasteiger partial charge in [-0.1, -0.05) is 0 Å². The highest BCUT2D eigenvalue weighted by Crippen LogP contribution is 2.12. The lowest BCUT2D eigenvalue weighted by molar-refractivity contribution is 0.627. The number of hydrogen-bond donors (Lipinski definition) is 1. The molecule has 0 atom stereocenters. The third-order valence-corrected chi connectivity index (χ3v) is 2.58. The van der Waals surface area contributed by atoms with Crippen LogP contribution in [0.15, 0.2) is 18.5 Å². The molecule has 16 heavy (non-hydrogen) atoms. The summed E-state index contributed by atoms with van der Waals surface area (Å²) in [7, 11) is 1.93. The Balaban J connectivity index is 2.05. The number of aryl methyl sites for hydroxylation is 3. The predicted molar refractivity (Wildman–Crippen MR) is 63.2 cm³/mol. The van der Waals surface area contributed by atoms with Crippen molar-refractivity contribution in [2.75, 3.05) is 5.32 Å². The van der Waals surface area contributed by atoms with Gasteiger partial charge in [0.15, 0.2) is 0 Å². The van der Waals surface area contributed by atoms with Crippen molar-refractivity contribution in [1.82, 2.24) is 19.6 Å². The molecule has 0 saturated carbocycles. The van der Waals surface area contributed by atoms with Gasteiger partial charge in [-0.2, -0.15) is 10.2 Å². The predicted octanol–water partition coefficient (Wildman–Crippen LogP) is 1.56. The van der Waals surface area contributed by atoms with Crippen LogP contribution in [0.2, 0.25) is 0 Å². The number of rotatable bonds is 4. The summed E-state index contributed by atoms with van der Waals surface area (Å²) in [5, 5.41) is 11.9. The van der Waals surface area contributed by atoms with E-state index in [9.17, 15) is 0 Å². The van der Waals surface area contributed by atoms with Gasteiger partial charge in [0.05, 0.1) is 23.6 Å². The van der Waals surface area contributed by atoms with Gasteiger partial charge in [-0.25, -0.2) is 0 Å². The Kier molecular flexibility index (Phi) is 2.94. The molecule has 2 heterocycles. The maximum atomic E-state index is 4.29. The second-order valence-corrected chi connectivity index (χ2v) is 3.79. The van der Waals surface area contributed by atoms with Crippen LogP contribution in [-0.4, -0.2) is 19.6 Å². The second kappa shape index (κ2) is 4.38. The minimum absolute atomic E-state index is 0.778. The zero-order valence-corrected chi connectivity index (χ0v) is 9.94. The normalized spacial score (nSPS) is 10.7. The van der Waals surface area contributed by atoms with E-state index in [-0.39, 0.29) is 0 Å². The molecule has 2 aromatic heterocycles. The van der Waals surface area contributed by atoms with Gasteiger partial charge in [0.1, 0.15) is 0 Å². The molecule has 0 aromatic carbocycles. The summed E-state index contributed by atoms with van der Waals surface area (Å²) in [6.07, 6.45) is 3.82. The number of hydrogen-bond acceptors (Lipinski definition) is 3. The lowest BCUT2D eigenvalue weighted by Gasteiger charge is -2.06. The minimum atomic E-state index is 0.778. The monoisotopic (exact) mass is 219 g/mol. The highest BCUT2D eigenvalue weighted by atomic mass is 15.3. The molecule has 5 heteroatoms. The smallest absolute Gasteiger partial charge is 0.0825 e. The SMILES string of the molecule is CCn1nccc1CNc1cn(C)nc1C. The first-order valence-corrected chi connectivity index (χ1v) is 5.45. The number of aromatic nitrogens is 4. The van der Waals surface area contributed by atoms with Gasteiger partial charge in [-0.15, -0.1) is 0 Å². The quantitative estimate of drug-likeness (QED) is 0.848. The third-order valence-electron chi connectivity index (χ3n) is 2.58. The summed E-state index contributed by atoms with van der Waals surface area (Å²) in [5.74, 6) is 0. The first kappa shape index (κ1) is 10.7. The average Bonchev–Trinajstić information content (AvgIpc) is 2.81. The molecule has 86 valence electrons. The highest BCUT2D eigenvalue weighted by molar-refractivity contribution is 5.45. The summed E-state index contributed by atoms with van der Waals surface area (Å²) < 4.78 is 3.80. The topological polar surface area (TPSA) is 47.7 Å². The maximum Gasteiger partial charge on any atom is 0.0825 e. The Bertz CT molecular complexity index is 468. The fourth-order valence-corrected chi connectivity index (χ4v) is 1.75. The van der Waals surface area contributed by atoms with E-state index in [0.29, 0.717) is 0 Å². The Hall–Kier alpha value is -1.78. The fourth-order valence-electron chi connectivity index (χ4n) is 1.75. The Morgan fingerprint density at radius 1 is 1.44 bits per heavy atom. The van der Waals surface area contributed by atoms with Gasteiger partial charge in [0.25, 0.3) is 0 Å². The maximum absolute atomic E-state index is 4.29. The van der Waals surface area contributed by atoms with Gasteiger partial charge in [0, 0.05) is 26.0 Å². The van der Waals surface area contributed by atoms with Gasteiger partial charge in [-0.05, 0) is 19.9 Å². The Morgan fingerprint density at radius 2 is 2.25 bits per heavy atom. The van der Waals surface area contributed by atoms with Crippen LogP contribution in [0, 0.1) is 6.92 Å². The van der Waals surface area contributed by atoms with Crippen molar-refractivity contribution in [2.24, 2.45) is 7.05 Å². The lowest BCUT2D eigenvalue weighted by Crippen LogP contribution is -2.07. The van der Waals surface area contributed by atoms with Gasteiger partial charge < -0.3 is 5.32 Å². The number of nitrogens with one attached hydrogen (secondary N) is 1. The third kappa shape index (κ3) is 2.08. The van der Waals surface area contributed by atoms with E-state index in [2.05, 4.69) is 22.4 Å². The van der Waals surface area contributed by atoms with Gasteiger partial charge in [-0.3, -0.25) is 9.36 Å². The number of anilines is 1. The van der Waals surface area contributed by atoms with Crippen molar-refractivity contribution in [3.63, 3.8) is 0 Å². The van der Waals surface area contributed by atoms with Crippen LogP contribution < -0.4 is 5.32 Å². The fraction of sp³-hybridized carbons (Fsp3) is 0.455. The molecule has 0 spiro atoms. The van der Waals surface area contributed by atoms with Crippen LogP contribution in [0.4, 0.5) is 5.69 Å². The molecule has 0 aliphatic heterocycles. The molecule has 0 amide bonds. The summed E-state index contributed by atoms with van der Waals surface area (Å²) in [6, 6.07) is 2.03. The van der Waals surface area contributed by atoms with Crippen molar-refractivity contribution in [3.05, 3.63) is 29.8 Å². The van der Waals surface area contributed by atoms with Crippen molar-refractivity contribution in [1.29, 1.82) is 0 Å². The van der Waals surface area contributed by atoms with Gasteiger partial charge >= 0.3 is 0 Å². The molecule has 0 radical (unpaired) electrons. The largest absolute Gasteiger partial charge is 0.377 e. The number of nitrogens with zero attached hydrogens (tertiary/aromatic N) is 4. The first-order valence-electron chi connectivity index (χ1n) is 5.45. The molecule has 2 rings (SSSR count). The van der Waals surface area contributed by atoms with Crippen molar-refractivity contribution in [2.45, 2.75) is 26.9 Å². The van der Waals surface area contributed by atoms with Crippen LogP contribution in [0.3, 0.4) is 0 Å². The van der Waals surface area contributed by atoms with E-state index in [0.717, 1.165) is 24.5 Å². The van der Waals surface area contributed by atoms with Crippen LogP contribution in [0.25, 0.3) is 0 Å². The molecular formula is C11H17N5. The second-order valence-electron chi connectivity index (χ2n) is 3.79. The van der Waals surface area contributed by atoms with E-state index >= 15 is 0 Å². The van der Waals surface area contributed by atoms with Crippen LogP contribution >= 0.6 is 0 Å². The summed E-state index contributed by atoms with van der Waals surface area (Å²) in [5.41, 5.74) is 3.28. The molecule has 0 fully saturated rings. The van der Waals surface area contributed by atoms with E-state index in [1.54, 1.807) is 0 Å². The van der Waals surface area contributed by atoms with Crippen molar-refractivity contribution >= 4 is 5.69 Å². The van der Waals surface area contributed by atoms with E-state index in [1.165, 1.54) is 5.69 Å². The van der Waals surface area contributed by atoms with Gasteiger partial charge in [0.2, 0.25) is 0 Å². The molecule has 0 unspecified atom stereocenters. The zero-order chi connectivity index (χ0) is 11.5. The van der Waals surface area contributed by atoms with Crippen LogP contribution in [0.1, 0.15) is 18.3 Å². The van der Waals surface area contributed by atoms with Crippen LogP contribution in [0.5, 0.6) is 0 Å². The molecule has 0 bridgehead atoms. The highest BCUT2D eigenvalue weighted by Gasteiger charge is 2.04. The lowest BCUT2D eigenvalue weighted by atomic mass is 10.3. The molecule has 0 aliphatic rings. The molecule has 0 saturated heterocycles. The molecule has 2 aromatic rings. The molecule has 5 nitrogen and oxygen atoms in total. The van der Waals surface area contributed by atoms with Crippen molar-refractivity contribution < 1.29 is 0 Å². The standard InChI is InChI=1S/C11H17N5/c1-4-16-10(5-6-13-16)7-12-11-8-15(3)14-9(11)2/h5-6,8,12H,4,7H2,1-3H3. The van der Waals surface area contributed by atoms with E-state index in [4.69, 9.17) is 0 Å². The average molecular weight is 219 g/mol. The molecular weight excluding hydrogens is 202 g/mol. The summed E-state index contributed by atoms with van der Waals surface area (Å²) >= 11 is 0. The van der Waals surface area contributed by atoms with Crippen LogP contribution in [-0.2, 0) is 20.1 Å². The van der Waals surface area contributed by atoms with E-state index in [1.807, 2.05) is 41.8 Å². The molecule has 1 N–H and O–H groups in total. The first-order chi connectivity index (χ1) is 7.70.